The Labute approximate surface area is 188 Å². The van der Waals surface area contributed by atoms with E-state index >= 15 is 0 Å². The van der Waals surface area contributed by atoms with Crippen molar-refractivity contribution in [3.05, 3.63) is 53.7 Å². The number of hydrogen-bond donors (Lipinski definition) is 5. The fourth-order valence-electron chi connectivity index (χ4n) is 3.06. The average molecular weight is 492 g/mol. The Hall–Kier alpha value is -4.20. The molecule has 0 bridgehead atoms. The first-order valence-corrected chi connectivity index (χ1v) is 10.8. The van der Waals surface area contributed by atoms with E-state index in [1.165, 1.54) is 16.8 Å². The fourth-order valence-corrected chi connectivity index (χ4v) is 3.32. The number of halogens is 2. The molecular weight excluding hydrogens is 477 g/mol. The number of carbonyl (C=O) groups excluding carboxylic acids is 1. The van der Waals surface area contributed by atoms with Crippen molar-refractivity contribution in [3.8, 4) is 11.5 Å². The summed E-state index contributed by atoms with van der Waals surface area (Å²) >= 11 is 0. The predicted molar refractivity (Wildman–Crippen MR) is 115 cm³/mol. The number of hydrogen-bond acceptors (Lipinski definition) is 9. The fraction of sp³-hybridized carbons (Fsp3) is 0.0556. The van der Waals surface area contributed by atoms with Gasteiger partial charge < -0.3 is 16.0 Å². The van der Waals surface area contributed by atoms with Crippen LogP contribution in [0.2, 0.25) is 0 Å². The van der Waals surface area contributed by atoms with Gasteiger partial charge in [-0.3, -0.25) is 15.1 Å². The number of nitrogens with one attached hydrogen (secondary N) is 1. The number of aromatic nitrogens is 5. The molecule has 0 aliphatic carbocycles. The van der Waals surface area contributed by atoms with E-state index in [9.17, 15) is 18.1 Å². The molecule has 1 aromatic carbocycles. The third kappa shape index (κ3) is 4.76. The number of fused-ring (bicyclic) bond motifs is 1. The molecule has 0 aliphatic heterocycles. The van der Waals surface area contributed by atoms with Crippen molar-refractivity contribution < 1.29 is 32.5 Å². The Morgan fingerprint density at radius 3 is 2.50 bits per heavy atom. The molecule has 4 rings (SSSR count). The minimum absolute atomic E-state index is 0.0149. The Morgan fingerprint density at radius 1 is 1.18 bits per heavy atom. The van der Waals surface area contributed by atoms with Crippen molar-refractivity contribution in [2.75, 3.05) is 16.8 Å². The molecule has 13 nitrogen and oxygen atoms in total. The molecule has 0 saturated carbocycles. The van der Waals surface area contributed by atoms with Gasteiger partial charge in [0.1, 0.15) is 23.0 Å². The summed E-state index contributed by atoms with van der Waals surface area (Å²) in [5.74, 6) is -2.12. The van der Waals surface area contributed by atoms with Crippen LogP contribution in [0.15, 0.2) is 36.5 Å². The Bertz CT molecular complexity index is 1450. The van der Waals surface area contributed by atoms with Crippen molar-refractivity contribution in [2.45, 2.75) is 6.54 Å². The maximum atomic E-state index is 14.2. The topological polar surface area (TPSA) is 204 Å². The van der Waals surface area contributed by atoms with Crippen LogP contribution in [0.25, 0.3) is 22.6 Å². The highest BCUT2D eigenvalue weighted by Crippen LogP contribution is 2.37. The molecule has 1 amide bonds. The van der Waals surface area contributed by atoms with Crippen LogP contribution in [0.1, 0.15) is 5.56 Å². The maximum Gasteiger partial charge on any atom is 0.528 e. The zero-order valence-electron chi connectivity index (χ0n) is 16.9. The van der Waals surface area contributed by atoms with Crippen molar-refractivity contribution in [2.24, 2.45) is 0 Å². The van der Waals surface area contributed by atoms with E-state index < -0.39 is 37.2 Å². The summed E-state index contributed by atoms with van der Waals surface area (Å²) in [5.41, 5.74) is 11.8. The van der Waals surface area contributed by atoms with E-state index in [1.807, 2.05) is 5.32 Å². The van der Waals surface area contributed by atoms with Crippen LogP contribution in [0.5, 0.6) is 0 Å². The summed E-state index contributed by atoms with van der Waals surface area (Å²) in [7, 11) is -5.12. The van der Waals surface area contributed by atoms with Crippen LogP contribution in [0.4, 0.5) is 30.9 Å². The highest BCUT2D eigenvalue weighted by Gasteiger charge is 2.24. The Morgan fingerprint density at radius 2 is 1.85 bits per heavy atom. The zero-order chi connectivity index (χ0) is 24.6. The maximum absolute atomic E-state index is 14.2. The molecular formula is C18H15F2N8O5P. The summed E-state index contributed by atoms with van der Waals surface area (Å²) in [4.78, 5) is 41.0. The van der Waals surface area contributed by atoms with Crippen molar-refractivity contribution in [3.63, 3.8) is 0 Å². The lowest BCUT2D eigenvalue weighted by molar-refractivity contribution is 0.189. The van der Waals surface area contributed by atoms with E-state index in [0.717, 1.165) is 12.3 Å². The Kier molecular flexibility index (Phi) is 5.83. The highest BCUT2D eigenvalue weighted by atomic mass is 31.2. The first-order chi connectivity index (χ1) is 16.0. The van der Waals surface area contributed by atoms with Gasteiger partial charge in [-0.2, -0.15) is 5.10 Å². The Balaban J connectivity index is 1.76. The number of amides is 1. The quantitative estimate of drug-likeness (QED) is 0.255. The lowest BCUT2D eigenvalue weighted by Gasteiger charge is -2.11. The second-order valence-corrected chi connectivity index (χ2v) is 7.97. The molecule has 0 spiro atoms. The summed E-state index contributed by atoms with van der Waals surface area (Å²) < 4.78 is 44.1. The van der Waals surface area contributed by atoms with Gasteiger partial charge in [0, 0.05) is 5.56 Å². The third-order valence-electron chi connectivity index (χ3n) is 4.44. The number of phosphoric ester groups is 1. The first-order valence-electron chi connectivity index (χ1n) is 9.27. The summed E-state index contributed by atoms with van der Waals surface area (Å²) in [6.07, 6.45) is -0.580. The van der Waals surface area contributed by atoms with Crippen molar-refractivity contribution in [1.82, 2.24) is 24.7 Å². The van der Waals surface area contributed by atoms with E-state index in [2.05, 4.69) is 24.6 Å². The van der Waals surface area contributed by atoms with Gasteiger partial charge in [0.25, 0.3) is 0 Å². The zero-order valence-corrected chi connectivity index (χ0v) is 17.8. The second-order valence-electron chi connectivity index (χ2n) is 6.81. The molecule has 3 heterocycles. The van der Waals surface area contributed by atoms with Crippen LogP contribution in [-0.2, 0) is 15.6 Å². The van der Waals surface area contributed by atoms with E-state index in [0.29, 0.717) is 5.56 Å². The van der Waals surface area contributed by atoms with E-state index in [4.69, 9.17) is 21.3 Å². The van der Waals surface area contributed by atoms with E-state index in [1.54, 1.807) is 12.1 Å². The van der Waals surface area contributed by atoms with Gasteiger partial charge in [-0.05, 0) is 12.1 Å². The van der Waals surface area contributed by atoms with Gasteiger partial charge >= 0.3 is 13.9 Å². The molecule has 34 heavy (non-hydrogen) atoms. The molecule has 176 valence electrons. The van der Waals surface area contributed by atoms with Crippen LogP contribution in [0, 0.1) is 11.6 Å². The number of pyridine rings is 1. The van der Waals surface area contributed by atoms with Gasteiger partial charge in [-0.1, -0.05) is 18.2 Å². The lowest BCUT2D eigenvalue weighted by atomic mass is 10.2. The van der Waals surface area contributed by atoms with E-state index in [-0.39, 0.29) is 34.8 Å². The molecule has 4 aromatic rings. The molecule has 0 atom stereocenters. The second kappa shape index (κ2) is 8.62. The number of nitrogens with zero attached hydrogens (tertiary/aromatic N) is 5. The first kappa shape index (κ1) is 23.0. The number of anilines is 3. The summed E-state index contributed by atoms with van der Waals surface area (Å²) in [6, 6.07) is 7.13. The number of phosphoric acid groups is 1. The molecule has 0 saturated heterocycles. The monoisotopic (exact) mass is 492 g/mol. The summed E-state index contributed by atoms with van der Waals surface area (Å²) in [6.45, 7) is -0.0410. The van der Waals surface area contributed by atoms with Gasteiger partial charge in [0.05, 0.1) is 18.1 Å². The molecule has 0 aliphatic rings. The molecule has 0 unspecified atom stereocenters. The minimum Gasteiger partial charge on any atom is -0.382 e. The van der Waals surface area contributed by atoms with Gasteiger partial charge in [0.15, 0.2) is 23.1 Å². The van der Waals surface area contributed by atoms with Gasteiger partial charge in [-0.25, -0.2) is 37.8 Å². The van der Waals surface area contributed by atoms with Crippen LogP contribution < -0.4 is 16.8 Å². The molecule has 7 N–H and O–H groups in total. The number of rotatable bonds is 5. The third-order valence-corrected chi connectivity index (χ3v) is 4.84. The number of carbonyl (C=O) groups is 1. The normalized spacial score (nSPS) is 11.5. The lowest BCUT2D eigenvalue weighted by Crippen LogP contribution is -2.16. The highest BCUT2D eigenvalue weighted by molar-refractivity contribution is 7.46. The number of nitrogen functional groups attached to an aromatic ring is 2. The van der Waals surface area contributed by atoms with Crippen LogP contribution in [-0.4, -0.2) is 40.6 Å². The number of benzene rings is 1. The van der Waals surface area contributed by atoms with Crippen LogP contribution >= 0.6 is 7.82 Å². The molecule has 3 aromatic heterocycles. The molecule has 0 radical (unpaired) electrons. The van der Waals surface area contributed by atoms with Crippen molar-refractivity contribution >= 4 is 42.3 Å². The molecule has 16 heteroatoms. The predicted octanol–water partition coefficient (Wildman–Crippen LogP) is 2.02. The minimum atomic E-state index is -5.12. The van der Waals surface area contributed by atoms with Crippen molar-refractivity contribution in [1.29, 1.82) is 0 Å². The SMILES string of the molecule is Nc1nc(-c2nn(Cc3ccccc3F)c3ncc(F)cc23)nc(N)c1NC(=O)OP(=O)(O)O. The van der Waals surface area contributed by atoms with Gasteiger partial charge in [0.2, 0.25) is 0 Å². The number of nitrogens with two attached hydrogens (primary N) is 2. The largest absolute Gasteiger partial charge is 0.528 e. The standard InChI is InChI=1S/C18H15F2N8O5P/c19-9-5-10-12(27-28(17(10)23-6-9)7-8-3-1-2-4-11(8)20)16-25-14(21)13(15(22)26-16)24-18(29)33-34(30,31)32/h1-6H,7H2,(H,24,29)(H2,30,31,32)(H4,21,22,25,26). The van der Waals surface area contributed by atoms with Crippen LogP contribution in [0.3, 0.4) is 0 Å². The average Bonchev–Trinajstić information content (AvgIpc) is 3.08. The smallest absolute Gasteiger partial charge is 0.382 e. The van der Waals surface area contributed by atoms with Gasteiger partial charge in [-0.15, -0.1) is 0 Å². The molecule has 0 fully saturated rings. The summed E-state index contributed by atoms with van der Waals surface area (Å²) in [5, 5.41) is 6.44.